The minimum atomic E-state index is -1.12. The van der Waals surface area contributed by atoms with E-state index in [1.54, 1.807) is 19.4 Å². The molecule has 0 aliphatic carbocycles. The molecule has 220 valence electrons. The zero-order chi connectivity index (χ0) is 30.2. The van der Waals surface area contributed by atoms with Gasteiger partial charge in [-0.25, -0.2) is 19.7 Å². The number of carboxylic acid groups (broad SMARTS) is 1. The third kappa shape index (κ3) is 7.61. The fraction of sp³-hybridized carbons (Fsp3) is 0.161. The Kier molecular flexibility index (Phi) is 9.73. The summed E-state index contributed by atoms with van der Waals surface area (Å²) in [6, 6.07) is 22.2. The van der Waals surface area contributed by atoms with Crippen LogP contribution in [0.5, 0.6) is 11.5 Å². The van der Waals surface area contributed by atoms with Crippen LogP contribution in [0.3, 0.4) is 0 Å². The fourth-order valence-corrected chi connectivity index (χ4v) is 4.86. The van der Waals surface area contributed by atoms with Crippen molar-refractivity contribution in [1.82, 2.24) is 19.9 Å². The van der Waals surface area contributed by atoms with E-state index < -0.39 is 12.6 Å². The Morgan fingerprint density at radius 3 is 2.49 bits per heavy atom. The Morgan fingerprint density at radius 1 is 0.953 bits per heavy atom. The van der Waals surface area contributed by atoms with Gasteiger partial charge in [-0.2, -0.15) is 0 Å². The molecule has 10 nitrogen and oxygen atoms in total. The van der Waals surface area contributed by atoms with Crippen LogP contribution < -0.4 is 14.8 Å². The zero-order valence-electron chi connectivity index (χ0n) is 23.0. The third-order valence-corrected chi connectivity index (χ3v) is 6.77. The SMILES string of the molecule is COCCNc1nccc(-c2[nH]c(-c3c(Cl)cc(OCC(=O)O)cc3Cl)nc2-c2cccc(OCc3ccccc3)c2)n1. The summed E-state index contributed by atoms with van der Waals surface area (Å²) in [6.07, 6.45) is 1.65. The molecule has 0 bridgehead atoms. The second-order valence-electron chi connectivity index (χ2n) is 9.24. The number of benzene rings is 3. The molecule has 0 saturated carbocycles. The molecule has 3 N–H and O–H groups in total. The Balaban J connectivity index is 1.55. The van der Waals surface area contributed by atoms with Crippen LogP contribution in [-0.2, 0) is 16.1 Å². The zero-order valence-corrected chi connectivity index (χ0v) is 24.5. The molecule has 0 fully saturated rings. The largest absolute Gasteiger partial charge is 0.489 e. The number of imidazole rings is 1. The highest BCUT2D eigenvalue weighted by Crippen LogP contribution is 2.40. The van der Waals surface area contributed by atoms with Crippen molar-refractivity contribution in [3.63, 3.8) is 0 Å². The van der Waals surface area contributed by atoms with Crippen molar-refractivity contribution in [2.24, 2.45) is 0 Å². The number of carboxylic acids is 1. The minimum absolute atomic E-state index is 0.221. The number of anilines is 1. The minimum Gasteiger partial charge on any atom is -0.489 e. The van der Waals surface area contributed by atoms with Gasteiger partial charge in [-0.1, -0.05) is 65.7 Å². The first-order valence-corrected chi connectivity index (χ1v) is 13.9. The van der Waals surface area contributed by atoms with Crippen LogP contribution in [0, 0.1) is 0 Å². The molecule has 43 heavy (non-hydrogen) atoms. The first kappa shape index (κ1) is 29.8. The van der Waals surface area contributed by atoms with Crippen molar-refractivity contribution in [3.05, 3.63) is 94.6 Å². The van der Waals surface area contributed by atoms with E-state index in [2.05, 4.69) is 20.3 Å². The quantitative estimate of drug-likeness (QED) is 0.125. The molecule has 0 amide bonds. The number of H-pyrrole nitrogens is 1. The Hall–Kier alpha value is -4.64. The average molecular weight is 620 g/mol. The van der Waals surface area contributed by atoms with Gasteiger partial charge < -0.3 is 29.6 Å². The lowest BCUT2D eigenvalue weighted by atomic mass is 10.1. The second-order valence-corrected chi connectivity index (χ2v) is 10.1. The molecule has 12 heteroatoms. The number of aromatic nitrogens is 4. The lowest BCUT2D eigenvalue weighted by molar-refractivity contribution is -0.139. The number of rotatable bonds is 13. The number of nitrogens with one attached hydrogen (secondary N) is 2. The van der Waals surface area contributed by atoms with Gasteiger partial charge in [0.25, 0.3) is 0 Å². The lowest BCUT2D eigenvalue weighted by Gasteiger charge is -2.09. The van der Waals surface area contributed by atoms with Crippen LogP contribution in [0.2, 0.25) is 10.0 Å². The van der Waals surface area contributed by atoms with E-state index in [-0.39, 0.29) is 15.8 Å². The number of methoxy groups -OCH3 is 1. The first-order valence-electron chi connectivity index (χ1n) is 13.2. The van der Waals surface area contributed by atoms with Crippen LogP contribution in [0.25, 0.3) is 34.0 Å². The van der Waals surface area contributed by atoms with Crippen molar-refractivity contribution in [2.75, 3.05) is 32.2 Å². The van der Waals surface area contributed by atoms with E-state index >= 15 is 0 Å². The smallest absolute Gasteiger partial charge is 0.341 e. The molecule has 0 radical (unpaired) electrons. The van der Waals surface area contributed by atoms with Gasteiger partial charge in [-0.05, 0) is 35.9 Å². The van der Waals surface area contributed by atoms with Crippen molar-refractivity contribution in [3.8, 4) is 45.5 Å². The van der Waals surface area contributed by atoms with E-state index in [1.807, 2.05) is 54.6 Å². The van der Waals surface area contributed by atoms with Crippen molar-refractivity contribution in [1.29, 1.82) is 0 Å². The van der Waals surface area contributed by atoms with Gasteiger partial charge in [0.2, 0.25) is 5.95 Å². The first-order chi connectivity index (χ1) is 20.9. The number of nitrogens with zero attached hydrogens (tertiary/aromatic N) is 3. The second kappa shape index (κ2) is 14.0. The van der Waals surface area contributed by atoms with Gasteiger partial charge in [0.15, 0.2) is 6.61 Å². The monoisotopic (exact) mass is 619 g/mol. The highest BCUT2D eigenvalue weighted by molar-refractivity contribution is 6.39. The summed E-state index contributed by atoms with van der Waals surface area (Å²) in [6.45, 7) is 0.903. The number of aliphatic carboxylic acids is 1. The van der Waals surface area contributed by atoms with Gasteiger partial charge in [0, 0.05) is 25.4 Å². The summed E-state index contributed by atoms with van der Waals surface area (Å²) in [5, 5.41) is 12.5. The van der Waals surface area contributed by atoms with Crippen molar-refractivity contribution >= 4 is 35.1 Å². The van der Waals surface area contributed by atoms with Crippen LogP contribution in [0.4, 0.5) is 5.95 Å². The number of halogens is 2. The molecule has 0 saturated heterocycles. The van der Waals surface area contributed by atoms with Gasteiger partial charge >= 0.3 is 5.97 Å². The van der Waals surface area contributed by atoms with Crippen molar-refractivity contribution in [2.45, 2.75) is 6.61 Å². The fourth-order valence-electron chi connectivity index (χ4n) is 4.21. The topological polar surface area (TPSA) is 131 Å². The summed E-state index contributed by atoms with van der Waals surface area (Å²) in [5.74, 6) is 0.574. The normalized spacial score (nSPS) is 10.9. The predicted molar refractivity (Wildman–Crippen MR) is 165 cm³/mol. The molecular formula is C31H27Cl2N5O5. The maximum Gasteiger partial charge on any atom is 0.341 e. The molecule has 0 spiro atoms. The van der Waals surface area contributed by atoms with E-state index in [9.17, 15) is 4.79 Å². The van der Waals surface area contributed by atoms with Gasteiger partial charge in [0.1, 0.15) is 23.9 Å². The Bertz CT molecular complexity index is 1690. The van der Waals surface area contributed by atoms with E-state index in [0.717, 1.165) is 11.1 Å². The van der Waals surface area contributed by atoms with Gasteiger partial charge in [0.05, 0.1) is 39.3 Å². The lowest BCUT2D eigenvalue weighted by Crippen LogP contribution is -2.10. The molecule has 5 aromatic rings. The molecule has 0 unspecified atom stereocenters. The molecule has 0 atom stereocenters. The molecular weight excluding hydrogens is 593 g/mol. The molecule has 5 rings (SSSR count). The Labute approximate surface area is 257 Å². The summed E-state index contributed by atoms with van der Waals surface area (Å²) >= 11 is 13.2. The van der Waals surface area contributed by atoms with Crippen LogP contribution >= 0.6 is 23.2 Å². The standard InChI is InChI=1S/C31H27Cl2N5O5/c1-41-13-12-35-31-34-11-10-25(36-31)29-28(20-8-5-9-21(14-20)42-17-19-6-3-2-4-7-19)37-30(38-29)27-23(32)15-22(16-24(27)33)43-18-26(39)40/h2-11,14-16H,12-13,17-18H2,1H3,(H,37,38)(H,39,40)(H,34,35,36). The number of hydrogen-bond acceptors (Lipinski definition) is 8. The van der Waals surface area contributed by atoms with Crippen molar-refractivity contribution < 1.29 is 24.1 Å². The van der Waals surface area contributed by atoms with Crippen LogP contribution in [0.15, 0.2) is 79.0 Å². The third-order valence-electron chi connectivity index (χ3n) is 6.18. The van der Waals surface area contributed by atoms with E-state index in [4.69, 9.17) is 47.5 Å². The molecule has 0 aliphatic heterocycles. The van der Waals surface area contributed by atoms with E-state index in [0.29, 0.717) is 59.9 Å². The summed E-state index contributed by atoms with van der Waals surface area (Å²) < 4.78 is 16.5. The van der Waals surface area contributed by atoms with Gasteiger partial charge in [-0.3, -0.25) is 0 Å². The van der Waals surface area contributed by atoms with Crippen LogP contribution in [0.1, 0.15) is 5.56 Å². The summed E-state index contributed by atoms with van der Waals surface area (Å²) in [7, 11) is 1.62. The maximum absolute atomic E-state index is 10.9. The number of hydrogen-bond donors (Lipinski definition) is 3. The van der Waals surface area contributed by atoms with Gasteiger partial charge in [-0.15, -0.1) is 0 Å². The molecule has 0 aliphatic rings. The average Bonchev–Trinajstić information content (AvgIpc) is 3.45. The highest BCUT2D eigenvalue weighted by atomic mass is 35.5. The Morgan fingerprint density at radius 2 is 1.74 bits per heavy atom. The number of aromatic amines is 1. The number of ether oxygens (including phenoxy) is 3. The number of carbonyl (C=O) groups is 1. The molecule has 2 aromatic heterocycles. The summed E-state index contributed by atoms with van der Waals surface area (Å²) in [4.78, 5) is 28.2. The molecule has 3 aromatic carbocycles. The van der Waals surface area contributed by atoms with E-state index in [1.165, 1.54) is 12.1 Å². The maximum atomic E-state index is 10.9. The predicted octanol–water partition coefficient (Wildman–Crippen LogP) is 6.61. The summed E-state index contributed by atoms with van der Waals surface area (Å²) in [5.41, 5.74) is 4.00. The van der Waals surface area contributed by atoms with Crippen LogP contribution in [-0.4, -0.2) is 57.9 Å². The highest BCUT2D eigenvalue weighted by Gasteiger charge is 2.21. The molecule has 2 heterocycles.